The summed E-state index contributed by atoms with van der Waals surface area (Å²) < 4.78 is 0. The molecule has 1 aliphatic rings. The van der Waals surface area contributed by atoms with Crippen LogP contribution in [0.5, 0.6) is 5.75 Å². The maximum Gasteiger partial charge on any atom is 0.115 e. The number of aromatic hydroxyl groups is 1. The largest absolute Gasteiger partial charge is 0.508 e. The Labute approximate surface area is 107 Å². The van der Waals surface area contributed by atoms with Gasteiger partial charge in [0.1, 0.15) is 5.75 Å². The van der Waals surface area contributed by atoms with Gasteiger partial charge in [0.15, 0.2) is 0 Å². The fourth-order valence-electron chi connectivity index (χ4n) is 2.81. The highest BCUT2D eigenvalue weighted by molar-refractivity contribution is 5.73. The van der Waals surface area contributed by atoms with Crippen molar-refractivity contribution in [2.24, 2.45) is 0 Å². The minimum Gasteiger partial charge on any atom is -0.508 e. The third kappa shape index (κ3) is 1.84. The van der Waals surface area contributed by atoms with Crippen LogP contribution in [0.25, 0.3) is 11.1 Å². The van der Waals surface area contributed by atoms with E-state index in [-0.39, 0.29) is 0 Å². The molecule has 0 heterocycles. The van der Waals surface area contributed by atoms with E-state index in [2.05, 4.69) is 6.07 Å². The van der Waals surface area contributed by atoms with Crippen LogP contribution >= 0.6 is 0 Å². The zero-order valence-corrected chi connectivity index (χ0v) is 10.3. The number of phenols is 1. The first-order valence-corrected chi connectivity index (χ1v) is 6.45. The maximum absolute atomic E-state index is 9.37. The second kappa shape index (κ2) is 4.37. The summed E-state index contributed by atoms with van der Waals surface area (Å²) in [4.78, 5) is 0. The van der Waals surface area contributed by atoms with Gasteiger partial charge < -0.3 is 10.8 Å². The molecule has 2 nitrogen and oxygen atoms in total. The predicted molar refractivity (Wildman–Crippen MR) is 74.6 cm³/mol. The zero-order valence-electron chi connectivity index (χ0n) is 10.3. The number of phenolic OH excluding ortho intramolecular Hbond substituents is 1. The number of rotatable bonds is 1. The van der Waals surface area contributed by atoms with Crippen LogP contribution in [0.15, 0.2) is 36.4 Å². The van der Waals surface area contributed by atoms with E-state index in [1.165, 1.54) is 29.5 Å². The fourth-order valence-corrected chi connectivity index (χ4v) is 2.81. The number of hydrogen-bond acceptors (Lipinski definition) is 2. The van der Waals surface area contributed by atoms with Gasteiger partial charge in [-0.3, -0.25) is 0 Å². The number of nitrogen functional groups attached to an aromatic ring is 1. The molecule has 0 fully saturated rings. The monoisotopic (exact) mass is 239 g/mol. The average molecular weight is 239 g/mol. The Kier molecular flexibility index (Phi) is 2.71. The van der Waals surface area contributed by atoms with E-state index in [0.29, 0.717) is 5.75 Å². The molecule has 18 heavy (non-hydrogen) atoms. The maximum atomic E-state index is 9.37. The van der Waals surface area contributed by atoms with E-state index in [1.807, 2.05) is 18.2 Å². The molecule has 0 aromatic heterocycles. The summed E-state index contributed by atoms with van der Waals surface area (Å²) >= 11 is 0. The SMILES string of the molecule is Nc1ccc(-c2ccc(O)cc2)c2c1CCCC2. The molecule has 1 aliphatic carbocycles. The molecular formula is C16H17NO. The lowest BCUT2D eigenvalue weighted by molar-refractivity contribution is 0.475. The van der Waals surface area contributed by atoms with Crippen LogP contribution in [0.3, 0.4) is 0 Å². The Morgan fingerprint density at radius 2 is 1.50 bits per heavy atom. The van der Waals surface area contributed by atoms with Crippen molar-refractivity contribution >= 4 is 5.69 Å². The fraction of sp³-hybridized carbons (Fsp3) is 0.250. The van der Waals surface area contributed by atoms with Gasteiger partial charge in [-0.2, -0.15) is 0 Å². The summed E-state index contributed by atoms with van der Waals surface area (Å²) in [5.74, 6) is 0.308. The first kappa shape index (κ1) is 11.1. The van der Waals surface area contributed by atoms with Crippen LogP contribution in [-0.4, -0.2) is 5.11 Å². The quantitative estimate of drug-likeness (QED) is 0.748. The van der Waals surface area contributed by atoms with Crippen LogP contribution in [-0.2, 0) is 12.8 Å². The number of fused-ring (bicyclic) bond motifs is 1. The number of hydrogen-bond donors (Lipinski definition) is 2. The van der Waals surface area contributed by atoms with Gasteiger partial charge in [-0.25, -0.2) is 0 Å². The number of benzene rings is 2. The van der Waals surface area contributed by atoms with Gasteiger partial charge in [-0.1, -0.05) is 18.2 Å². The van der Waals surface area contributed by atoms with Gasteiger partial charge in [0.05, 0.1) is 0 Å². The van der Waals surface area contributed by atoms with Crippen molar-refractivity contribution in [3.63, 3.8) is 0 Å². The normalized spacial score (nSPS) is 14.2. The summed E-state index contributed by atoms with van der Waals surface area (Å²) in [5, 5.41) is 9.37. The highest BCUT2D eigenvalue weighted by atomic mass is 16.3. The van der Waals surface area contributed by atoms with Crippen molar-refractivity contribution in [3.05, 3.63) is 47.5 Å². The molecule has 0 atom stereocenters. The smallest absolute Gasteiger partial charge is 0.115 e. The average Bonchev–Trinajstić information content (AvgIpc) is 2.41. The van der Waals surface area contributed by atoms with Crippen molar-refractivity contribution in [3.8, 4) is 16.9 Å². The van der Waals surface area contributed by atoms with Crippen LogP contribution in [0.4, 0.5) is 5.69 Å². The molecule has 0 saturated heterocycles. The lowest BCUT2D eigenvalue weighted by Gasteiger charge is -2.21. The van der Waals surface area contributed by atoms with Crippen LogP contribution in [0.1, 0.15) is 24.0 Å². The van der Waals surface area contributed by atoms with E-state index < -0.39 is 0 Å². The van der Waals surface area contributed by atoms with Gasteiger partial charge in [0, 0.05) is 5.69 Å². The van der Waals surface area contributed by atoms with Crippen molar-refractivity contribution in [1.29, 1.82) is 0 Å². The van der Waals surface area contributed by atoms with Gasteiger partial charge in [-0.15, -0.1) is 0 Å². The lowest BCUT2D eigenvalue weighted by Crippen LogP contribution is -2.07. The van der Waals surface area contributed by atoms with E-state index in [9.17, 15) is 5.11 Å². The molecular weight excluding hydrogens is 222 g/mol. The highest BCUT2D eigenvalue weighted by Gasteiger charge is 2.16. The van der Waals surface area contributed by atoms with Crippen molar-refractivity contribution in [2.75, 3.05) is 5.73 Å². The van der Waals surface area contributed by atoms with Gasteiger partial charge >= 0.3 is 0 Å². The molecule has 3 N–H and O–H groups in total. The Balaban J connectivity index is 2.15. The molecule has 0 radical (unpaired) electrons. The molecule has 0 amide bonds. The summed E-state index contributed by atoms with van der Waals surface area (Å²) in [6, 6.07) is 11.5. The molecule has 0 aliphatic heterocycles. The Morgan fingerprint density at radius 1 is 0.833 bits per heavy atom. The predicted octanol–water partition coefficient (Wildman–Crippen LogP) is 3.52. The number of nitrogens with two attached hydrogens (primary N) is 1. The number of anilines is 1. The summed E-state index contributed by atoms with van der Waals surface area (Å²) in [5.41, 5.74) is 12.1. The lowest BCUT2D eigenvalue weighted by atomic mass is 9.85. The topological polar surface area (TPSA) is 46.2 Å². The molecule has 2 heteroatoms. The van der Waals surface area contributed by atoms with Crippen LogP contribution in [0.2, 0.25) is 0 Å². The van der Waals surface area contributed by atoms with Crippen LogP contribution < -0.4 is 5.73 Å². The van der Waals surface area contributed by atoms with Gasteiger partial charge in [0.25, 0.3) is 0 Å². The van der Waals surface area contributed by atoms with Gasteiger partial charge in [-0.05, 0) is 66.1 Å². The third-order valence-corrected chi connectivity index (χ3v) is 3.75. The standard InChI is InChI=1S/C16H17NO/c17-16-10-9-13(11-5-7-12(18)8-6-11)14-3-1-2-4-15(14)16/h5-10,18H,1-4,17H2. The van der Waals surface area contributed by atoms with Gasteiger partial charge in [0.2, 0.25) is 0 Å². The molecule has 2 aromatic carbocycles. The second-order valence-corrected chi connectivity index (χ2v) is 4.91. The molecule has 92 valence electrons. The minimum atomic E-state index is 0.308. The Morgan fingerprint density at radius 3 is 2.22 bits per heavy atom. The first-order chi connectivity index (χ1) is 8.75. The molecule has 0 unspecified atom stereocenters. The summed E-state index contributed by atoms with van der Waals surface area (Å²) in [7, 11) is 0. The van der Waals surface area contributed by atoms with Crippen molar-refractivity contribution < 1.29 is 5.11 Å². The summed E-state index contributed by atoms with van der Waals surface area (Å²) in [6.07, 6.45) is 4.67. The van der Waals surface area contributed by atoms with Crippen molar-refractivity contribution in [1.82, 2.24) is 0 Å². The molecule has 0 spiro atoms. The Hall–Kier alpha value is -1.96. The molecule has 2 aromatic rings. The first-order valence-electron chi connectivity index (χ1n) is 6.45. The zero-order chi connectivity index (χ0) is 12.5. The van der Waals surface area contributed by atoms with Crippen LogP contribution in [0, 0.1) is 0 Å². The third-order valence-electron chi connectivity index (χ3n) is 3.75. The molecule has 3 rings (SSSR count). The van der Waals surface area contributed by atoms with E-state index in [4.69, 9.17) is 5.73 Å². The van der Waals surface area contributed by atoms with E-state index in [0.717, 1.165) is 24.1 Å². The molecule has 0 saturated carbocycles. The van der Waals surface area contributed by atoms with E-state index >= 15 is 0 Å². The van der Waals surface area contributed by atoms with E-state index in [1.54, 1.807) is 12.1 Å². The highest BCUT2D eigenvalue weighted by Crippen LogP contribution is 2.35. The summed E-state index contributed by atoms with van der Waals surface area (Å²) in [6.45, 7) is 0. The van der Waals surface area contributed by atoms with Crippen molar-refractivity contribution in [2.45, 2.75) is 25.7 Å². The second-order valence-electron chi connectivity index (χ2n) is 4.91. The molecule has 0 bridgehead atoms. The Bertz CT molecular complexity index is 572. The minimum absolute atomic E-state index is 0.308.